The fourth-order valence-electron chi connectivity index (χ4n) is 4.26. The number of fused-ring (bicyclic) bond motifs is 1. The average Bonchev–Trinajstić information content (AvgIpc) is 3.08. The number of nitrogens with one attached hydrogen (secondary N) is 2. The van der Waals surface area contributed by atoms with Gasteiger partial charge in [-0.05, 0) is 56.0 Å². The number of hydrogen-bond donors (Lipinski definition) is 2. The first-order valence-corrected chi connectivity index (χ1v) is 10.4. The lowest BCUT2D eigenvalue weighted by atomic mass is 9.95. The molecule has 1 saturated heterocycles. The Bertz CT molecular complexity index is 1070. The first-order chi connectivity index (χ1) is 14.5. The lowest BCUT2D eigenvalue weighted by Gasteiger charge is -2.31. The molecule has 0 unspecified atom stereocenters. The minimum atomic E-state index is -0.416. The fourth-order valence-corrected chi connectivity index (χ4v) is 4.26. The van der Waals surface area contributed by atoms with Crippen LogP contribution in [0.5, 0.6) is 0 Å². The van der Waals surface area contributed by atoms with E-state index in [4.69, 9.17) is 0 Å². The van der Waals surface area contributed by atoms with Gasteiger partial charge in [-0.25, -0.2) is 4.39 Å². The second kappa shape index (κ2) is 8.69. The van der Waals surface area contributed by atoms with Gasteiger partial charge in [-0.3, -0.25) is 9.59 Å². The summed E-state index contributed by atoms with van der Waals surface area (Å²) in [6, 6.07) is 13.9. The number of hydrogen-bond acceptors (Lipinski definition) is 2. The molecule has 5 nitrogen and oxygen atoms in total. The van der Waals surface area contributed by atoms with E-state index in [0.717, 1.165) is 17.6 Å². The highest BCUT2D eigenvalue weighted by Gasteiger charge is 2.27. The molecule has 2 N–H and O–H groups in total. The second-order valence-corrected chi connectivity index (χ2v) is 7.89. The highest BCUT2D eigenvalue weighted by molar-refractivity contribution is 5.94. The third-order valence-corrected chi connectivity index (χ3v) is 5.93. The van der Waals surface area contributed by atoms with E-state index in [2.05, 4.69) is 29.4 Å². The Labute approximate surface area is 175 Å². The summed E-state index contributed by atoms with van der Waals surface area (Å²) in [5.41, 5.74) is 3.84. The first-order valence-electron chi connectivity index (χ1n) is 10.4. The van der Waals surface area contributed by atoms with Gasteiger partial charge in [-0.1, -0.05) is 24.3 Å². The summed E-state index contributed by atoms with van der Waals surface area (Å²) in [7, 11) is 0. The summed E-state index contributed by atoms with van der Waals surface area (Å²) in [4.78, 5) is 30.2. The summed E-state index contributed by atoms with van der Waals surface area (Å²) in [5, 5.41) is 4.26. The maximum atomic E-state index is 13.4. The van der Waals surface area contributed by atoms with Gasteiger partial charge >= 0.3 is 0 Å². The monoisotopic (exact) mass is 407 g/mol. The van der Waals surface area contributed by atoms with Crippen molar-refractivity contribution in [3.8, 4) is 0 Å². The highest BCUT2D eigenvalue weighted by atomic mass is 19.1. The number of aromatic amines is 1. The molecule has 1 aliphatic rings. The molecule has 1 aliphatic heterocycles. The van der Waals surface area contributed by atoms with E-state index in [1.165, 1.54) is 29.1 Å². The molecule has 2 amide bonds. The molecule has 2 heterocycles. The van der Waals surface area contributed by atoms with Gasteiger partial charge in [0.25, 0.3) is 5.91 Å². The zero-order valence-corrected chi connectivity index (χ0v) is 17.1. The predicted molar refractivity (Wildman–Crippen MR) is 115 cm³/mol. The quantitative estimate of drug-likeness (QED) is 0.675. The van der Waals surface area contributed by atoms with Gasteiger partial charge in [0.2, 0.25) is 5.91 Å². The van der Waals surface area contributed by atoms with E-state index < -0.39 is 5.82 Å². The van der Waals surface area contributed by atoms with Crippen LogP contribution in [0.25, 0.3) is 10.9 Å². The Balaban J connectivity index is 1.27. The lowest BCUT2D eigenvalue weighted by molar-refractivity contribution is -0.126. The lowest BCUT2D eigenvalue weighted by Crippen LogP contribution is -2.43. The Hall–Kier alpha value is -3.15. The molecule has 2 aromatic carbocycles. The van der Waals surface area contributed by atoms with Crippen LogP contribution in [-0.2, 0) is 11.2 Å². The molecule has 4 rings (SSSR count). The summed E-state index contributed by atoms with van der Waals surface area (Å²) in [6.07, 6.45) is 2.02. The third kappa shape index (κ3) is 4.22. The van der Waals surface area contributed by atoms with Crippen molar-refractivity contribution in [1.29, 1.82) is 0 Å². The SMILES string of the molecule is Cc1[nH]c2ccccc2c1CCNC(=O)C1CCN(C(=O)c2cccc(F)c2)CC1. The maximum Gasteiger partial charge on any atom is 0.253 e. The molecule has 1 aromatic heterocycles. The van der Waals surface area contributed by atoms with E-state index in [1.54, 1.807) is 11.0 Å². The van der Waals surface area contributed by atoms with Gasteiger partial charge in [-0.2, -0.15) is 0 Å². The van der Waals surface area contributed by atoms with Gasteiger partial charge in [0.15, 0.2) is 0 Å². The summed E-state index contributed by atoms with van der Waals surface area (Å²) in [6.45, 7) is 3.66. The number of likely N-dealkylation sites (tertiary alicyclic amines) is 1. The Morgan fingerprint density at radius 1 is 1.13 bits per heavy atom. The zero-order chi connectivity index (χ0) is 21.1. The largest absolute Gasteiger partial charge is 0.358 e. The van der Waals surface area contributed by atoms with Crippen molar-refractivity contribution in [1.82, 2.24) is 15.2 Å². The van der Waals surface area contributed by atoms with Gasteiger partial charge in [0, 0.05) is 47.7 Å². The topological polar surface area (TPSA) is 65.2 Å². The third-order valence-electron chi connectivity index (χ3n) is 5.93. The van der Waals surface area contributed by atoms with Crippen LogP contribution < -0.4 is 5.32 Å². The Morgan fingerprint density at radius 3 is 2.67 bits per heavy atom. The zero-order valence-electron chi connectivity index (χ0n) is 17.1. The summed E-state index contributed by atoms with van der Waals surface area (Å²) >= 11 is 0. The molecular weight excluding hydrogens is 381 g/mol. The van der Waals surface area contributed by atoms with E-state index in [0.29, 0.717) is 38.0 Å². The number of carbonyl (C=O) groups is 2. The van der Waals surface area contributed by atoms with Crippen LogP contribution >= 0.6 is 0 Å². The second-order valence-electron chi connectivity index (χ2n) is 7.89. The highest BCUT2D eigenvalue weighted by Crippen LogP contribution is 2.23. The van der Waals surface area contributed by atoms with Crippen LogP contribution in [0.15, 0.2) is 48.5 Å². The van der Waals surface area contributed by atoms with Crippen LogP contribution in [0.3, 0.4) is 0 Å². The average molecular weight is 407 g/mol. The molecule has 0 spiro atoms. The van der Waals surface area contributed by atoms with Crippen molar-refractivity contribution >= 4 is 22.7 Å². The van der Waals surface area contributed by atoms with Crippen molar-refractivity contribution in [2.24, 2.45) is 5.92 Å². The molecule has 0 atom stereocenters. The predicted octanol–water partition coefficient (Wildman–Crippen LogP) is 3.83. The number of para-hydroxylation sites is 1. The minimum Gasteiger partial charge on any atom is -0.358 e. The van der Waals surface area contributed by atoms with Crippen molar-refractivity contribution < 1.29 is 14.0 Å². The first kappa shape index (κ1) is 20.1. The molecule has 3 aromatic rings. The molecule has 156 valence electrons. The number of benzene rings is 2. The number of H-pyrrole nitrogens is 1. The number of rotatable bonds is 5. The molecule has 0 saturated carbocycles. The fraction of sp³-hybridized carbons (Fsp3) is 0.333. The van der Waals surface area contributed by atoms with Crippen molar-refractivity contribution in [3.63, 3.8) is 0 Å². The van der Waals surface area contributed by atoms with Gasteiger partial charge in [-0.15, -0.1) is 0 Å². The summed E-state index contributed by atoms with van der Waals surface area (Å²) < 4.78 is 13.4. The van der Waals surface area contributed by atoms with Gasteiger partial charge < -0.3 is 15.2 Å². The van der Waals surface area contributed by atoms with Gasteiger partial charge in [0.05, 0.1) is 0 Å². The van der Waals surface area contributed by atoms with Crippen molar-refractivity contribution in [2.75, 3.05) is 19.6 Å². The Morgan fingerprint density at radius 2 is 1.90 bits per heavy atom. The number of aromatic nitrogens is 1. The molecule has 6 heteroatoms. The van der Waals surface area contributed by atoms with Crippen molar-refractivity contribution in [3.05, 3.63) is 71.2 Å². The van der Waals surface area contributed by atoms with Crippen LogP contribution in [-0.4, -0.2) is 41.3 Å². The number of carbonyl (C=O) groups excluding carboxylic acids is 2. The van der Waals surface area contributed by atoms with E-state index in [1.807, 2.05) is 12.1 Å². The molecule has 30 heavy (non-hydrogen) atoms. The van der Waals surface area contributed by atoms with Crippen molar-refractivity contribution in [2.45, 2.75) is 26.2 Å². The van der Waals surface area contributed by atoms with Crippen LogP contribution in [0, 0.1) is 18.7 Å². The molecule has 0 aliphatic carbocycles. The molecule has 1 fully saturated rings. The van der Waals surface area contributed by atoms with E-state index in [-0.39, 0.29) is 17.7 Å². The van der Waals surface area contributed by atoms with E-state index >= 15 is 0 Å². The minimum absolute atomic E-state index is 0.0466. The summed E-state index contributed by atoms with van der Waals surface area (Å²) in [5.74, 6) is -0.639. The number of piperidine rings is 1. The molecule has 0 bridgehead atoms. The standard InChI is InChI=1S/C24H26FN3O2/c1-16-20(21-7-2-3-8-22(21)27-16)9-12-26-23(29)17-10-13-28(14-11-17)24(30)18-5-4-6-19(25)15-18/h2-8,15,17,27H,9-14H2,1H3,(H,26,29). The smallest absolute Gasteiger partial charge is 0.253 e. The maximum absolute atomic E-state index is 13.4. The Kier molecular flexibility index (Phi) is 5.84. The molecule has 0 radical (unpaired) electrons. The van der Waals surface area contributed by atoms with Crippen LogP contribution in [0.4, 0.5) is 4.39 Å². The number of halogens is 1. The number of aryl methyl sites for hydroxylation is 1. The number of amides is 2. The van der Waals surface area contributed by atoms with Gasteiger partial charge in [0.1, 0.15) is 5.82 Å². The normalized spacial score (nSPS) is 14.8. The van der Waals surface area contributed by atoms with Crippen LogP contribution in [0.1, 0.15) is 34.5 Å². The number of nitrogens with zero attached hydrogens (tertiary/aromatic N) is 1. The van der Waals surface area contributed by atoms with Crippen LogP contribution in [0.2, 0.25) is 0 Å². The molecular formula is C24H26FN3O2. The van der Waals surface area contributed by atoms with E-state index in [9.17, 15) is 14.0 Å².